The van der Waals surface area contributed by atoms with Crippen molar-refractivity contribution in [3.05, 3.63) is 40.9 Å². The van der Waals surface area contributed by atoms with Crippen molar-refractivity contribution in [2.45, 2.75) is 32.1 Å². The van der Waals surface area contributed by atoms with Gasteiger partial charge in [-0.2, -0.15) is 0 Å². The van der Waals surface area contributed by atoms with Crippen LogP contribution in [0.4, 0.5) is 5.69 Å². The number of nitrogens with zero attached hydrogens (tertiary/aromatic N) is 2. The van der Waals surface area contributed by atoms with Gasteiger partial charge in [0.15, 0.2) is 0 Å². The van der Waals surface area contributed by atoms with E-state index in [0.717, 1.165) is 6.54 Å². The molecule has 1 saturated carbocycles. The number of anilines is 1. The largest absolute Gasteiger partial charge is 0.379 e. The molecule has 1 N–H and O–H groups in total. The van der Waals surface area contributed by atoms with E-state index in [1.165, 1.54) is 32.1 Å². The van der Waals surface area contributed by atoms with Crippen molar-refractivity contribution >= 4 is 11.3 Å². The first-order valence-electron chi connectivity index (χ1n) is 7.05. The third-order valence-electron chi connectivity index (χ3n) is 3.92. The highest BCUT2D eigenvalue weighted by molar-refractivity contribution is 5.46. The SMILES string of the molecule is O=c1c(NCC2CCCCC2)cnc2ccccn12. The Morgan fingerprint density at radius 1 is 1.26 bits per heavy atom. The lowest BCUT2D eigenvalue weighted by atomic mass is 9.89. The Morgan fingerprint density at radius 2 is 2.11 bits per heavy atom. The molecule has 1 fully saturated rings. The van der Waals surface area contributed by atoms with Crippen molar-refractivity contribution in [2.75, 3.05) is 11.9 Å². The van der Waals surface area contributed by atoms with Gasteiger partial charge in [-0.25, -0.2) is 4.98 Å². The summed E-state index contributed by atoms with van der Waals surface area (Å²) in [4.78, 5) is 16.6. The number of aromatic nitrogens is 2. The van der Waals surface area contributed by atoms with Crippen LogP contribution in [0.2, 0.25) is 0 Å². The predicted molar refractivity (Wildman–Crippen MR) is 76.5 cm³/mol. The second-order valence-electron chi connectivity index (χ2n) is 5.29. The fourth-order valence-corrected chi connectivity index (χ4v) is 2.79. The Hall–Kier alpha value is -1.84. The molecule has 3 rings (SSSR count). The van der Waals surface area contributed by atoms with Gasteiger partial charge in [0, 0.05) is 12.7 Å². The molecule has 2 heterocycles. The van der Waals surface area contributed by atoms with Crippen LogP contribution < -0.4 is 10.9 Å². The van der Waals surface area contributed by atoms with Crippen molar-refractivity contribution in [3.8, 4) is 0 Å². The third-order valence-corrected chi connectivity index (χ3v) is 3.92. The lowest BCUT2D eigenvalue weighted by molar-refractivity contribution is 0.373. The first kappa shape index (κ1) is 12.2. The van der Waals surface area contributed by atoms with Crippen LogP contribution in [0, 0.1) is 5.92 Å². The van der Waals surface area contributed by atoms with Crippen LogP contribution in [-0.4, -0.2) is 15.9 Å². The van der Waals surface area contributed by atoms with Crippen molar-refractivity contribution in [1.29, 1.82) is 0 Å². The summed E-state index contributed by atoms with van der Waals surface area (Å²) in [5, 5.41) is 3.28. The molecule has 0 unspecified atom stereocenters. The maximum Gasteiger partial charge on any atom is 0.281 e. The van der Waals surface area contributed by atoms with Gasteiger partial charge < -0.3 is 5.32 Å². The molecule has 0 aromatic carbocycles. The van der Waals surface area contributed by atoms with Crippen LogP contribution in [0.25, 0.3) is 5.65 Å². The fourth-order valence-electron chi connectivity index (χ4n) is 2.79. The molecule has 1 aliphatic rings. The van der Waals surface area contributed by atoms with Crippen LogP contribution in [0.3, 0.4) is 0 Å². The summed E-state index contributed by atoms with van der Waals surface area (Å²) in [7, 11) is 0. The summed E-state index contributed by atoms with van der Waals surface area (Å²) < 4.78 is 1.59. The van der Waals surface area contributed by atoms with Gasteiger partial charge in [-0.1, -0.05) is 25.3 Å². The monoisotopic (exact) mass is 257 g/mol. The summed E-state index contributed by atoms with van der Waals surface area (Å²) in [5.41, 5.74) is 1.28. The minimum atomic E-state index is -0.0126. The van der Waals surface area contributed by atoms with E-state index in [1.807, 2.05) is 18.2 Å². The van der Waals surface area contributed by atoms with Crippen LogP contribution >= 0.6 is 0 Å². The van der Waals surface area contributed by atoms with Crippen LogP contribution in [0.1, 0.15) is 32.1 Å². The normalized spacial score (nSPS) is 16.6. The van der Waals surface area contributed by atoms with Crippen molar-refractivity contribution in [3.63, 3.8) is 0 Å². The average Bonchev–Trinajstić information content (AvgIpc) is 2.48. The van der Waals surface area contributed by atoms with Gasteiger partial charge in [-0.3, -0.25) is 9.20 Å². The van der Waals surface area contributed by atoms with Crippen LogP contribution in [-0.2, 0) is 0 Å². The third kappa shape index (κ3) is 2.62. The molecule has 4 heteroatoms. The molecule has 2 aromatic heterocycles. The van der Waals surface area contributed by atoms with Crippen LogP contribution in [0.5, 0.6) is 0 Å². The second-order valence-corrected chi connectivity index (χ2v) is 5.29. The van der Waals surface area contributed by atoms with E-state index in [2.05, 4.69) is 10.3 Å². The number of pyridine rings is 1. The fraction of sp³-hybridized carbons (Fsp3) is 0.467. The zero-order chi connectivity index (χ0) is 13.1. The van der Waals surface area contributed by atoms with Crippen LogP contribution in [0.15, 0.2) is 35.4 Å². The van der Waals surface area contributed by atoms with E-state index in [0.29, 0.717) is 17.3 Å². The minimum absolute atomic E-state index is 0.0126. The first-order valence-corrected chi connectivity index (χ1v) is 7.05. The molecule has 0 atom stereocenters. The summed E-state index contributed by atoms with van der Waals surface area (Å²) in [5.74, 6) is 0.699. The van der Waals surface area contributed by atoms with Gasteiger partial charge in [-0.05, 0) is 30.9 Å². The van der Waals surface area contributed by atoms with E-state index in [1.54, 1.807) is 16.8 Å². The molecule has 0 amide bonds. The highest BCUT2D eigenvalue weighted by Crippen LogP contribution is 2.23. The van der Waals surface area contributed by atoms with E-state index < -0.39 is 0 Å². The lowest BCUT2D eigenvalue weighted by Gasteiger charge is -2.22. The summed E-state index contributed by atoms with van der Waals surface area (Å²) >= 11 is 0. The molecular weight excluding hydrogens is 238 g/mol. The molecule has 19 heavy (non-hydrogen) atoms. The smallest absolute Gasteiger partial charge is 0.281 e. The van der Waals surface area contributed by atoms with Crippen molar-refractivity contribution < 1.29 is 0 Å². The van der Waals surface area contributed by atoms with Gasteiger partial charge in [0.1, 0.15) is 11.3 Å². The highest BCUT2D eigenvalue weighted by Gasteiger charge is 2.13. The molecule has 0 bridgehead atoms. The number of rotatable bonds is 3. The van der Waals surface area contributed by atoms with Gasteiger partial charge in [0.2, 0.25) is 0 Å². The van der Waals surface area contributed by atoms with E-state index >= 15 is 0 Å². The quantitative estimate of drug-likeness (QED) is 0.919. The molecule has 0 radical (unpaired) electrons. The number of hydrogen-bond acceptors (Lipinski definition) is 3. The summed E-state index contributed by atoms with van der Waals surface area (Å²) in [6.45, 7) is 0.885. The molecule has 0 saturated heterocycles. The van der Waals surface area contributed by atoms with Gasteiger partial charge >= 0.3 is 0 Å². The molecular formula is C15H19N3O. The molecule has 4 nitrogen and oxygen atoms in total. The minimum Gasteiger partial charge on any atom is -0.379 e. The van der Waals surface area contributed by atoms with E-state index in [-0.39, 0.29) is 5.56 Å². The zero-order valence-corrected chi connectivity index (χ0v) is 11.0. The molecule has 1 aliphatic carbocycles. The Bertz CT molecular complexity index is 614. The van der Waals surface area contributed by atoms with Crippen molar-refractivity contribution in [2.24, 2.45) is 5.92 Å². The van der Waals surface area contributed by atoms with Crippen molar-refractivity contribution in [1.82, 2.24) is 9.38 Å². The topological polar surface area (TPSA) is 46.4 Å². The van der Waals surface area contributed by atoms with Gasteiger partial charge in [0.05, 0.1) is 6.20 Å². The molecule has 2 aromatic rings. The highest BCUT2D eigenvalue weighted by atomic mass is 16.1. The lowest BCUT2D eigenvalue weighted by Crippen LogP contribution is -2.23. The second kappa shape index (κ2) is 5.43. The van der Waals surface area contributed by atoms with E-state index in [4.69, 9.17) is 0 Å². The summed E-state index contributed by atoms with van der Waals surface area (Å²) in [6, 6.07) is 5.57. The standard InChI is InChI=1S/C15H19N3O/c19-15-13(16-10-12-6-2-1-3-7-12)11-17-14-8-4-5-9-18(14)15/h4-5,8-9,11-12,16H,1-3,6-7,10H2. The maximum absolute atomic E-state index is 12.3. The first-order chi connectivity index (χ1) is 9.34. The number of fused-ring (bicyclic) bond motifs is 1. The Kier molecular flexibility index (Phi) is 3.49. The number of nitrogens with one attached hydrogen (secondary N) is 1. The summed E-state index contributed by atoms with van der Waals surface area (Å²) in [6.07, 6.45) is 9.96. The molecule has 100 valence electrons. The van der Waals surface area contributed by atoms with Gasteiger partial charge in [-0.15, -0.1) is 0 Å². The molecule has 0 aliphatic heterocycles. The Morgan fingerprint density at radius 3 is 2.95 bits per heavy atom. The number of hydrogen-bond donors (Lipinski definition) is 1. The maximum atomic E-state index is 12.3. The Labute approximate surface area is 112 Å². The van der Waals surface area contributed by atoms with E-state index in [9.17, 15) is 4.79 Å². The molecule has 0 spiro atoms. The Balaban J connectivity index is 1.77. The predicted octanol–water partition coefficient (Wildman–Crippen LogP) is 2.69. The van der Waals surface area contributed by atoms with Gasteiger partial charge in [0.25, 0.3) is 5.56 Å². The average molecular weight is 257 g/mol. The zero-order valence-electron chi connectivity index (χ0n) is 11.0.